The standard InChI is InChI=1S/C17H15NO3S/c1-19-13-7-3-5-11(9-13)15-16(21-17(22)18-15)12-6-4-8-14(10-12)20-2/h3-10H,1-2H3,(H,18,22). The van der Waals surface area contributed by atoms with Crippen LogP contribution in [0.25, 0.3) is 22.6 Å². The third-order valence-corrected chi connectivity index (χ3v) is 3.52. The first-order valence-corrected chi connectivity index (χ1v) is 7.14. The van der Waals surface area contributed by atoms with Gasteiger partial charge >= 0.3 is 0 Å². The van der Waals surface area contributed by atoms with Gasteiger partial charge in [-0.2, -0.15) is 0 Å². The highest BCUT2D eigenvalue weighted by atomic mass is 32.1. The Kier molecular flexibility index (Phi) is 3.98. The molecule has 0 aliphatic rings. The van der Waals surface area contributed by atoms with E-state index < -0.39 is 0 Å². The molecule has 22 heavy (non-hydrogen) atoms. The Morgan fingerprint density at radius 3 is 2.14 bits per heavy atom. The molecule has 112 valence electrons. The maximum absolute atomic E-state index is 5.69. The Morgan fingerprint density at radius 2 is 1.50 bits per heavy atom. The van der Waals surface area contributed by atoms with E-state index in [1.54, 1.807) is 14.2 Å². The predicted octanol–water partition coefficient (Wildman–Crippen LogP) is 4.69. The Hall–Kier alpha value is -2.53. The van der Waals surface area contributed by atoms with E-state index in [-0.39, 0.29) is 0 Å². The molecule has 3 rings (SSSR count). The number of ether oxygens (including phenoxy) is 2. The molecular formula is C17H15NO3S. The maximum atomic E-state index is 5.69. The largest absolute Gasteiger partial charge is 0.497 e. The second-order valence-electron chi connectivity index (χ2n) is 4.68. The molecule has 0 aliphatic heterocycles. The molecule has 0 spiro atoms. The fraction of sp³-hybridized carbons (Fsp3) is 0.118. The molecule has 0 atom stereocenters. The van der Waals surface area contributed by atoms with E-state index >= 15 is 0 Å². The van der Waals surface area contributed by atoms with Crippen LogP contribution in [0.3, 0.4) is 0 Å². The van der Waals surface area contributed by atoms with E-state index in [1.165, 1.54) is 0 Å². The highest BCUT2D eigenvalue weighted by Crippen LogP contribution is 2.34. The van der Waals surface area contributed by atoms with Gasteiger partial charge in [-0.05, 0) is 36.5 Å². The summed E-state index contributed by atoms with van der Waals surface area (Å²) < 4.78 is 16.2. The van der Waals surface area contributed by atoms with Gasteiger partial charge in [-0.15, -0.1) is 0 Å². The lowest BCUT2D eigenvalue weighted by atomic mass is 10.1. The van der Waals surface area contributed by atoms with Gasteiger partial charge in [0.1, 0.15) is 11.5 Å². The Labute approximate surface area is 133 Å². The molecule has 1 heterocycles. The molecule has 4 nitrogen and oxygen atoms in total. The van der Waals surface area contributed by atoms with E-state index in [9.17, 15) is 0 Å². The van der Waals surface area contributed by atoms with Crippen molar-refractivity contribution in [2.24, 2.45) is 0 Å². The first-order valence-electron chi connectivity index (χ1n) is 6.73. The molecule has 1 N–H and O–H groups in total. The summed E-state index contributed by atoms with van der Waals surface area (Å²) in [6.45, 7) is 0. The molecule has 0 radical (unpaired) electrons. The van der Waals surface area contributed by atoms with E-state index in [0.29, 0.717) is 10.6 Å². The topological polar surface area (TPSA) is 47.4 Å². The number of H-pyrrole nitrogens is 1. The van der Waals surface area contributed by atoms with Crippen LogP contribution in [0.5, 0.6) is 11.5 Å². The lowest BCUT2D eigenvalue weighted by Gasteiger charge is -2.06. The van der Waals surface area contributed by atoms with Crippen LogP contribution in [0, 0.1) is 4.84 Å². The van der Waals surface area contributed by atoms with Crippen LogP contribution in [-0.2, 0) is 0 Å². The van der Waals surface area contributed by atoms with Crippen molar-refractivity contribution in [1.29, 1.82) is 0 Å². The number of methoxy groups -OCH3 is 2. The molecule has 0 unspecified atom stereocenters. The maximum Gasteiger partial charge on any atom is 0.266 e. The molecule has 2 aromatic carbocycles. The number of oxazole rings is 1. The van der Waals surface area contributed by atoms with Gasteiger partial charge in [-0.25, -0.2) is 0 Å². The van der Waals surface area contributed by atoms with Gasteiger partial charge in [0.2, 0.25) is 0 Å². The number of benzene rings is 2. The second kappa shape index (κ2) is 6.07. The van der Waals surface area contributed by atoms with Crippen LogP contribution in [0.1, 0.15) is 0 Å². The van der Waals surface area contributed by atoms with Crippen molar-refractivity contribution in [2.75, 3.05) is 14.2 Å². The van der Waals surface area contributed by atoms with Crippen LogP contribution in [-0.4, -0.2) is 19.2 Å². The van der Waals surface area contributed by atoms with Crippen molar-refractivity contribution >= 4 is 12.2 Å². The summed E-state index contributed by atoms with van der Waals surface area (Å²) in [5.41, 5.74) is 2.65. The number of aromatic nitrogens is 1. The average molecular weight is 313 g/mol. The number of hydrogen-bond donors (Lipinski definition) is 1. The van der Waals surface area contributed by atoms with Crippen LogP contribution >= 0.6 is 12.2 Å². The lowest BCUT2D eigenvalue weighted by molar-refractivity contribution is 0.414. The number of hydrogen-bond acceptors (Lipinski definition) is 4. The molecule has 0 saturated heterocycles. The van der Waals surface area contributed by atoms with Crippen molar-refractivity contribution in [3.8, 4) is 34.1 Å². The van der Waals surface area contributed by atoms with Crippen LogP contribution in [0.4, 0.5) is 0 Å². The average Bonchev–Trinajstić information content (AvgIpc) is 2.97. The van der Waals surface area contributed by atoms with Crippen molar-refractivity contribution < 1.29 is 13.9 Å². The van der Waals surface area contributed by atoms with Gasteiger partial charge in [0.25, 0.3) is 4.84 Å². The van der Waals surface area contributed by atoms with Crippen LogP contribution in [0.2, 0.25) is 0 Å². The summed E-state index contributed by atoms with van der Waals surface area (Å²) in [4.78, 5) is 3.43. The fourth-order valence-corrected chi connectivity index (χ4v) is 2.46. The third kappa shape index (κ3) is 2.76. The molecular weight excluding hydrogens is 298 g/mol. The van der Waals surface area contributed by atoms with Crippen molar-refractivity contribution in [3.05, 3.63) is 53.4 Å². The van der Waals surface area contributed by atoms with Gasteiger partial charge in [-0.1, -0.05) is 24.3 Å². The van der Waals surface area contributed by atoms with Crippen molar-refractivity contribution in [2.45, 2.75) is 0 Å². The summed E-state index contributed by atoms with van der Waals surface area (Å²) in [5, 5.41) is 0. The number of nitrogens with one attached hydrogen (secondary N) is 1. The van der Waals surface area contributed by atoms with Crippen LogP contribution < -0.4 is 9.47 Å². The molecule has 0 saturated carbocycles. The molecule has 0 amide bonds. The zero-order valence-corrected chi connectivity index (χ0v) is 13.1. The summed E-state index contributed by atoms with van der Waals surface area (Å²) in [5.74, 6) is 2.21. The Balaban J connectivity index is 2.15. The van der Waals surface area contributed by atoms with Crippen molar-refractivity contribution in [3.63, 3.8) is 0 Å². The minimum atomic E-state index is 0.329. The second-order valence-corrected chi connectivity index (χ2v) is 5.05. The lowest BCUT2D eigenvalue weighted by Crippen LogP contribution is -1.87. The molecule has 1 aromatic heterocycles. The van der Waals surface area contributed by atoms with E-state index in [2.05, 4.69) is 4.98 Å². The zero-order chi connectivity index (χ0) is 15.5. The van der Waals surface area contributed by atoms with Gasteiger partial charge in [-0.3, -0.25) is 0 Å². The summed E-state index contributed by atoms with van der Waals surface area (Å²) in [7, 11) is 3.27. The monoisotopic (exact) mass is 313 g/mol. The summed E-state index contributed by atoms with van der Waals surface area (Å²) in [6.07, 6.45) is 0. The molecule has 0 aliphatic carbocycles. The van der Waals surface area contributed by atoms with E-state index in [0.717, 1.165) is 28.3 Å². The Bertz CT molecular complexity index is 783. The van der Waals surface area contributed by atoms with Gasteiger partial charge < -0.3 is 18.9 Å². The fourth-order valence-electron chi connectivity index (χ4n) is 2.28. The van der Waals surface area contributed by atoms with E-state index in [4.69, 9.17) is 26.1 Å². The number of rotatable bonds is 4. The SMILES string of the molecule is COc1cccc(-c2[nH]c(=S)oc2-c2cccc(OC)c2)c1. The van der Waals surface area contributed by atoms with Crippen molar-refractivity contribution in [1.82, 2.24) is 4.98 Å². The minimum Gasteiger partial charge on any atom is -0.497 e. The molecule has 5 heteroatoms. The predicted molar refractivity (Wildman–Crippen MR) is 87.9 cm³/mol. The summed E-state index contributed by atoms with van der Waals surface area (Å²) >= 11 is 5.16. The third-order valence-electron chi connectivity index (χ3n) is 3.34. The summed E-state index contributed by atoms with van der Waals surface area (Å²) in [6, 6.07) is 15.4. The van der Waals surface area contributed by atoms with Crippen LogP contribution in [0.15, 0.2) is 52.9 Å². The molecule has 0 bridgehead atoms. The first-order chi connectivity index (χ1) is 10.7. The van der Waals surface area contributed by atoms with Gasteiger partial charge in [0.05, 0.1) is 19.9 Å². The van der Waals surface area contributed by atoms with E-state index in [1.807, 2.05) is 48.5 Å². The van der Waals surface area contributed by atoms with Gasteiger partial charge in [0, 0.05) is 11.1 Å². The quantitative estimate of drug-likeness (QED) is 0.710. The minimum absolute atomic E-state index is 0.329. The molecule has 0 fully saturated rings. The highest BCUT2D eigenvalue weighted by Gasteiger charge is 2.14. The first kappa shape index (κ1) is 14.4. The zero-order valence-electron chi connectivity index (χ0n) is 12.3. The van der Waals surface area contributed by atoms with Gasteiger partial charge in [0.15, 0.2) is 5.76 Å². The normalized spacial score (nSPS) is 10.5. The smallest absolute Gasteiger partial charge is 0.266 e. The molecule has 3 aromatic rings. The Morgan fingerprint density at radius 1 is 0.909 bits per heavy atom. The highest BCUT2D eigenvalue weighted by molar-refractivity contribution is 7.71. The number of aromatic amines is 1.